The highest BCUT2D eigenvalue weighted by Gasteiger charge is 2.08. The number of aromatic carboxylic acids is 1. The maximum absolute atomic E-state index is 12.2. The van der Waals surface area contributed by atoms with Gasteiger partial charge in [0.2, 0.25) is 0 Å². The van der Waals surface area contributed by atoms with Gasteiger partial charge in [0.25, 0.3) is 0 Å². The van der Waals surface area contributed by atoms with Crippen molar-refractivity contribution in [1.82, 2.24) is 0 Å². The minimum absolute atomic E-state index is 0.202. The lowest BCUT2D eigenvalue weighted by Gasteiger charge is -2.07. The Kier molecular flexibility index (Phi) is 7.35. The fourth-order valence-corrected chi connectivity index (χ4v) is 3.40. The van der Waals surface area contributed by atoms with Crippen molar-refractivity contribution < 1.29 is 28.4 Å². The van der Waals surface area contributed by atoms with Crippen molar-refractivity contribution in [2.75, 3.05) is 19.5 Å². The molecule has 0 spiro atoms. The zero-order valence-electron chi connectivity index (χ0n) is 14.3. The van der Waals surface area contributed by atoms with Crippen LogP contribution in [0.3, 0.4) is 0 Å². The van der Waals surface area contributed by atoms with Gasteiger partial charge in [-0.15, -0.1) is 0 Å². The molecule has 0 aliphatic rings. The van der Waals surface area contributed by atoms with E-state index in [0.717, 1.165) is 5.56 Å². The highest BCUT2D eigenvalue weighted by molar-refractivity contribution is 7.84. The number of hydrogen-bond donors (Lipinski definition) is 1. The van der Waals surface area contributed by atoms with E-state index in [9.17, 15) is 13.8 Å². The average Bonchev–Trinajstić information content (AvgIpc) is 2.65. The van der Waals surface area contributed by atoms with E-state index in [0.29, 0.717) is 35.8 Å². The number of esters is 1. The molecule has 1 unspecified atom stereocenters. The van der Waals surface area contributed by atoms with Gasteiger partial charge in [-0.05, 0) is 48.4 Å². The first-order chi connectivity index (χ1) is 12.5. The summed E-state index contributed by atoms with van der Waals surface area (Å²) >= 11 is 0. The Morgan fingerprint density at radius 2 is 1.81 bits per heavy atom. The largest absolute Gasteiger partial charge is 0.494 e. The maximum atomic E-state index is 12.2. The van der Waals surface area contributed by atoms with Crippen LogP contribution in [0, 0.1) is 0 Å². The topological polar surface area (TPSA) is 89.9 Å². The number of carbonyl (C=O) groups excluding carboxylic acids is 1. The molecule has 0 bridgehead atoms. The lowest BCUT2D eigenvalue weighted by Crippen LogP contribution is -2.07. The number of carbonyl (C=O) groups is 2. The van der Waals surface area contributed by atoms with Crippen molar-refractivity contribution in [3.63, 3.8) is 0 Å². The van der Waals surface area contributed by atoms with Crippen LogP contribution in [0.25, 0.3) is 0 Å². The van der Waals surface area contributed by atoms with Crippen molar-refractivity contribution >= 4 is 22.7 Å². The van der Waals surface area contributed by atoms with E-state index in [-0.39, 0.29) is 5.56 Å². The van der Waals surface area contributed by atoms with Gasteiger partial charge in [-0.3, -0.25) is 4.21 Å². The number of methoxy groups -OCH3 is 1. The molecule has 2 aromatic carbocycles. The van der Waals surface area contributed by atoms with Crippen LogP contribution < -0.4 is 4.74 Å². The number of carboxylic acid groups (broad SMARTS) is 1. The molecule has 2 aromatic rings. The van der Waals surface area contributed by atoms with Crippen LogP contribution in [0.4, 0.5) is 0 Å². The number of benzene rings is 2. The number of hydrogen-bond acceptors (Lipinski definition) is 5. The summed E-state index contributed by atoms with van der Waals surface area (Å²) in [7, 11) is 0.250. The molecule has 1 atom stereocenters. The smallest absolute Gasteiger partial charge is 0.337 e. The molecule has 2 rings (SSSR count). The van der Waals surface area contributed by atoms with Crippen LogP contribution >= 0.6 is 0 Å². The molecule has 138 valence electrons. The SMILES string of the molecule is COC(=O)c1cccc(CS(=O)CCCOc2ccc(C(=O)O)cc2)c1. The van der Waals surface area contributed by atoms with E-state index < -0.39 is 22.7 Å². The van der Waals surface area contributed by atoms with Crippen LogP contribution in [-0.2, 0) is 21.3 Å². The monoisotopic (exact) mass is 376 g/mol. The predicted molar refractivity (Wildman–Crippen MR) is 98.0 cm³/mol. The normalized spacial score (nSPS) is 11.6. The molecule has 0 saturated carbocycles. The van der Waals surface area contributed by atoms with Gasteiger partial charge in [0.1, 0.15) is 5.75 Å². The van der Waals surface area contributed by atoms with Crippen LogP contribution in [-0.4, -0.2) is 40.7 Å². The molecule has 26 heavy (non-hydrogen) atoms. The Morgan fingerprint density at radius 1 is 1.08 bits per heavy atom. The molecule has 0 aromatic heterocycles. The standard InChI is InChI=1S/C19H20O6S/c1-24-19(22)16-5-2-4-14(12-16)13-26(23)11-3-10-25-17-8-6-15(7-9-17)18(20)21/h2,4-9,12H,3,10-11,13H2,1H3,(H,20,21). The molecule has 7 heteroatoms. The van der Waals surface area contributed by atoms with E-state index in [2.05, 4.69) is 4.74 Å². The summed E-state index contributed by atoms with van der Waals surface area (Å²) in [6.45, 7) is 0.389. The minimum atomic E-state index is -1.07. The van der Waals surface area contributed by atoms with Gasteiger partial charge in [-0.2, -0.15) is 0 Å². The molecule has 6 nitrogen and oxygen atoms in total. The Balaban J connectivity index is 1.75. The Bertz CT molecular complexity index is 785. The van der Waals surface area contributed by atoms with Crippen molar-refractivity contribution in [2.45, 2.75) is 12.2 Å². The highest BCUT2D eigenvalue weighted by Crippen LogP contribution is 2.13. The van der Waals surface area contributed by atoms with Gasteiger partial charge in [0.05, 0.1) is 24.8 Å². The number of rotatable bonds is 9. The van der Waals surface area contributed by atoms with Gasteiger partial charge in [0, 0.05) is 22.3 Å². The van der Waals surface area contributed by atoms with Crippen LogP contribution in [0.2, 0.25) is 0 Å². The van der Waals surface area contributed by atoms with E-state index in [4.69, 9.17) is 9.84 Å². The summed E-state index contributed by atoms with van der Waals surface area (Å²) in [6, 6.07) is 13.0. The summed E-state index contributed by atoms with van der Waals surface area (Å²) in [6.07, 6.45) is 0.601. The summed E-state index contributed by atoms with van der Waals surface area (Å²) in [5, 5.41) is 8.83. The number of ether oxygens (including phenoxy) is 2. The van der Waals surface area contributed by atoms with Gasteiger partial charge in [0.15, 0.2) is 0 Å². The fraction of sp³-hybridized carbons (Fsp3) is 0.263. The zero-order chi connectivity index (χ0) is 18.9. The molecule has 0 saturated heterocycles. The molecule has 0 heterocycles. The lowest BCUT2D eigenvalue weighted by molar-refractivity contribution is 0.0599. The molecule has 0 radical (unpaired) electrons. The fourth-order valence-electron chi connectivity index (χ4n) is 2.27. The van der Waals surface area contributed by atoms with Crippen molar-refractivity contribution in [3.8, 4) is 5.75 Å². The Hall–Kier alpha value is -2.67. The molecule has 0 amide bonds. The van der Waals surface area contributed by atoms with E-state index in [1.165, 1.54) is 19.2 Å². The third kappa shape index (κ3) is 6.00. The number of carboxylic acids is 1. The van der Waals surface area contributed by atoms with Crippen LogP contribution in [0.5, 0.6) is 5.75 Å². The third-order valence-electron chi connectivity index (χ3n) is 3.56. The van der Waals surface area contributed by atoms with Gasteiger partial charge < -0.3 is 14.6 Å². The molecule has 0 aliphatic heterocycles. The van der Waals surface area contributed by atoms with Gasteiger partial charge in [-0.1, -0.05) is 12.1 Å². The van der Waals surface area contributed by atoms with E-state index >= 15 is 0 Å². The van der Waals surface area contributed by atoms with Gasteiger partial charge >= 0.3 is 11.9 Å². The molecular weight excluding hydrogens is 356 g/mol. The van der Waals surface area contributed by atoms with E-state index in [1.807, 2.05) is 6.07 Å². The molecule has 0 fully saturated rings. The average molecular weight is 376 g/mol. The third-order valence-corrected chi connectivity index (χ3v) is 4.96. The van der Waals surface area contributed by atoms with E-state index in [1.54, 1.807) is 30.3 Å². The van der Waals surface area contributed by atoms with Gasteiger partial charge in [-0.25, -0.2) is 9.59 Å². The summed E-state index contributed by atoms with van der Waals surface area (Å²) in [5.74, 6) is 0.00286. The second-order valence-corrected chi connectivity index (χ2v) is 7.09. The van der Waals surface area contributed by atoms with Crippen LogP contribution in [0.15, 0.2) is 48.5 Å². The summed E-state index contributed by atoms with van der Waals surface area (Å²) in [4.78, 5) is 22.3. The first-order valence-corrected chi connectivity index (χ1v) is 9.47. The lowest BCUT2D eigenvalue weighted by atomic mass is 10.1. The first kappa shape index (κ1) is 19.7. The summed E-state index contributed by atoms with van der Waals surface area (Å²) < 4.78 is 22.4. The second kappa shape index (κ2) is 9.72. The molecular formula is C19H20O6S. The molecule has 1 N–H and O–H groups in total. The Morgan fingerprint density at radius 3 is 2.46 bits per heavy atom. The quantitative estimate of drug-likeness (QED) is 0.535. The van der Waals surface area contributed by atoms with Crippen molar-refractivity contribution in [3.05, 3.63) is 65.2 Å². The maximum Gasteiger partial charge on any atom is 0.337 e. The van der Waals surface area contributed by atoms with Crippen molar-refractivity contribution in [1.29, 1.82) is 0 Å². The zero-order valence-corrected chi connectivity index (χ0v) is 15.2. The molecule has 0 aliphatic carbocycles. The highest BCUT2D eigenvalue weighted by atomic mass is 32.2. The Labute approximate surface area is 154 Å². The second-order valence-electron chi connectivity index (χ2n) is 5.51. The minimum Gasteiger partial charge on any atom is -0.494 e. The summed E-state index contributed by atoms with van der Waals surface area (Å²) in [5.41, 5.74) is 1.46. The van der Waals surface area contributed by atoms with Crippen LogP contribution in [0.1, 0.15) is 32.7 Å². The first-order valence-electron chi connectivity index (χ1n) is 7.98. The van der Waals surface area contributed by atoms with Crippen molar-refractivity contribution in [2.24, 2.45) is 0 Å². The predicted octanol–water partition coefficient (Wildman–Crippen LogP) is 2.89.